The van der Waals surface area contributed by atoms with Gasteiger partial charge in [0, 0.05) is 0 Å². The molecule has 0 radical (unpaired) electrons. The third-order valence-electron chi connectivity index (χ3n) is 4.81. The lowest BCUT2D eigenvalue weighted by molar-refractivity contribution is 0.235. The summed E-state index contributed by atoms with van der Waals surface area (Å²) in [6, 6.07) is 13.8. The highest BCUT2D eigenvalue weighted by Gasteiger charge is 2.21. The highest BCUT2D eigenvalue weighted by Crippen LogP contribution is 2.35. The fourth-order valence-electron chi connectivity index (χ4n) is 3.35. The van der Waals surface area contributed by atoms with E-state index in [0.717, 1.165) is 29.5 Å². The Bertz CT molecular complexity index is 623. The average Bonchev–Trinajstić information content (AvgIpc) is 2.56. The van der Waals surface area contributed by atoms with Crippen molar-refractivity contribution < 1.29 is 8.78 Å². The van der Waals surface area contributed by atoms with Crippen LogP contribution < -0.4 is 0 Å². The molecule has 0 saturated heterocycles. The Morgan fingerprint density at radius 1 is 0.909 bits per heavy atom. The predicted octanol–water partition coefficient (Wildman–Crippen LogP) is 6.05. The second-order valence-corrected chi connectivity index (χ2v) is 6.23. The largest absolute Gasteiger partial charge is 0.247 e. The van der Waals surface area contributed by atoms with Crippen LogP contribution in [0.1, 0.15) is 49.7 Å². The summed E-state index contributed by atoms with van der Waals surface area (Å²) in [5.74, 6) is 0.339. The minimum Gasteiger partial charge on any atom is -0.247 e. The Labute approximate surface area is 131 Å². The van der Waals surface area contributed by atoms with Crippen molar-refractivity contribution in [2.45, 2.75) is 51.1 Å². The SMILES string of the molecule is CCc1ccc(-c2ccc(C3CCC(F)CC3)cc2)cc1F. The van der Waals surface area contributed by atoms with Crippen LogP contribution >= 0.6 is 0 Å². The van der Waals surface area contributed by atoms with Crippen LogP contribution in [0.15, 0.2) is 42.5 Å². The van der Waals surface area contributed by atoms with Crippen LogP contribution in [0, 0.1) is 5.82 Å². The number of aryl methyl sites for hydroxylation is 1. The van der Waals surface area contributed by atoms with Crippen molar-refractivity contribution in [2.24, 2.45) is 0 Å². The Morgan fingerprint density at radius 3 is 2.14 bits per heavy atom. The first-order valence-corrected chi connectivity index (χ1v) is 8.20. The maximum atomic E-state index is 13.9. The molecule has 0 aliphatic heterocycles. The van der Waals surface area contributed by atoms with Crippen molar-refractivity contribution in [3.05, 3.63) is 59.4 Å². The van der Waals surface area contributed by atoms with E-state index in [9.17, 15) is 8.78 Å². The van der Waals surface area contributed by atoms with Crippen LogP contribution in [0.4, 0.5) is 8.78 Å². The van der Waals surface area contributed by atoms with Gasteiger partial charge in [0.15, 0.2) is 0 Å². The van der Waals surface area contributed by atoms with Gasteiger partial charge in [0.1, 0.15) is 12.0 Å². The van der Waals surface area contributed by atoms with E-state index in [1.54, 1.807) is 6.07 Å². The summed E-state index contributed by atoms with van der Waals surface area (Å²) in [5, 5.41) is 0. The number of rotatable bonds is 3. The summed E-state index contributed by atoms with van der Waals surface area (Å²) in [7, 11) is 0. The molecule has 0 atom stereocenters. The van der Waals surface area contributed by atoms with Gasteiger partial charge in [-0.2, -0.15) is 0 Å². The molecule has 116 valence electrons. The molecule has 1 saturated carbocycles. The molecule has 22 heavy (non-hydrogen) atoms. The standard InChI is InChI=1S/C20H22F2/c1-2-14-3-8-18(13-20(14)22)17-6-4-15(5-7-17)16-9-11-19(21)12-10-16/h3-8,13,16,19H,2,9-12H2,1H3. The second kappa shape index (κ2) is 6.60. The van der Waals surface area contributed by atoms with Crippen LogP contribution in [-0.2, 0) is 6.42 Å². The van der Waals surface area contributed by atoms with E-state index in [0.29, 0.717) is 25.2 Å². The Morgan fingerprint density at radius 2 is 1.55 bits per heavy atom. The highest BCUT2D eigenvalue weighted by atomic mass is 19.1. The summed E-state index contributed by atoms with van der Waals surface area (Å²) in [4.78, 5) is 0. The van der Waals surface area contributed by atoms with Gasteiger partial charge < -0.3 is 0 Å². The van der Waals surface area contributed by atoms with Crippen molar-refractivity contribution in [1.29, 1.82) is 0 Å². The quantitative estimate of drug-likeness (QED) is 0.647. The van der Waals surface area contributed by atoms with Gasteiger partial charge in [0.25, 0.3) is 0 Å². The minimum absolute atomic E-state index is 0.134. The normalized spacial score (nSPS) is 21.8. The first-order chi connectivity index (χ1) is 10.7. The lowest BCUT2D eigenvalue weighted by atomic mass is 9.83. The Balaban J connectivity index is 1.78. The van der Waals surface area contributed by atoms with E-state index in [1.165, 1.54) is 5.56 Å². The smallest absolute Gasteiger partial charge is 0.127 e. The monoisotopic (exact) mass is 300 g/mol. The molecule has 0 unspecified atom stereocenters. The molecule has 0 N–H and O–H groups in total. The molecular formula is C20H22F2. The number of benzene rings is 2. The third kappa shape index (κ3) is 3.21. The minimum atomic E-state index is -0.615. The first-order valence-electron chi connectivity index (χ1n) is 8.20. The molecule has 2 heteroatoms. The molecule has 0 bridgehead atoms. The van der Waals surface area contributed by atoms with Gasteiger partial charge in [-0.25, -0.2) is 8.78 Å². The maximum absolute atomic E-state index is 13.9. The average molecular weight is 300 g/mol. The van der Waals surface area contributed by atoms with Gasteiger partial charge in [0.2, 0.25) is 0 Å². The molecule has 0 heterocycles. The van der Waals surface area contributed by atoms with Gasteiger partial charge in [0.05, 0.1) is 0 Å². The molecule has 1 fully saturated rings. The molecule has 0 aromatic heterocycles. The molecule has 2 aromatic rings. The Hall–Kier alpha value is -1.70. The number of halogens is 2. The van der Waals surface area contributed by atoms with Crippen molar-refractivity contribution in [1.82, 2.24) is 0 Å². The van der Waals surface area contributed by atoms with Gasteiger partial charge in [-0.1, -0.05) is 43.3 Å². The zero-order chi connectivity index (χ0) is 15.5. The molecule has 3 rings (SSSR count). The van der Waals surface area contributed by atoms with Crippen LogP contribution in [0.25, 0.3) is 11.1 Å². The third-order valence-corrected chi connectivity index (χ3v) is 4.81. The van der Waals surface area contributed by atoms with E-state index < -0.39 is 6.17 Å². The highest BCUT2D eigenvalue weighted by molar-refractivity contribution is 5.64. The lowest BCUT2D eigenvalue weighted by Crippen LogP contribution is -2.13. The van der Waals surface area contributed by atoms with E-state index >= 15 is 0 Å². The molecule has 0 spiro atoms. The van der Waals surface area contributed by atoms with Crippen LogP contribution in [0.5, 0.6) is 0 Å². The lowest BCUT2D eigenvalue weighted by Gasteiger charge is -2.24. The van der Waals surface area contributed by atoms with E-state index in [2.05, 4.69) is 24.3 Å². The maximum Gasteiger partial charge on any atom is 0.127 e. The fraction of sp³-hybridized carbons (Fsp3) is 0.400. The number of alkyl halides is 1. The van der Waals surface area contributed by atoms with Crippen molar-refractivity contribution in [3.8, 4) is 11.1 Å². The molecule has 1 aliphatic carbocycles. The zero-order valence-corrected chi connectivity index (χ0v) is 13.0. The van der Waals surface area contributed by atoms with Crippen LogP contribution in [0.3, 0.4) is 0 Å². The molecule has 1 aliphatic rings. The van der Waals surface area contributed by atoms with Crippen LogP contribution in [-0.4, -0.2) is 6.17 Å². The summed E-state index contributed by atoms with van der Waals surface area (Å²) in [6.45, 7) is 1.96. The Kier molecular flexibility index (Phi) is 4.56. The predicted molar refractivity (Wildman–Crippen MR) is 87.3 cm³/mol. The topological polar surface area (TPSA) is 0 Å². The zero-order valence-electron chi connectivity index (χ0n) is 13.0. The van der Waals surface area contributed by atoms with E-state index in [1.807, 2.05) is 19.1 Å². The van der Waals surface area contributed by atoms with Crippen LogP contribution in [0.2, 0.25) is 0 Å². The fourth-order valence-corrected chi connectivity index (χ4v) is 3.35. The molecule has 2 aromatic carbocycles. The van der Waals surface area contributed by atoms with E-state index in [4.69, 9.17) is 0 Å². The molecule has 0 nitrogen and oxygen atoms in total. The van der Waals surface area contributed by atoms with Gasteiger partial charge in [-0.3, -0.25) is 0 Å². The van der Waals surface area contributed by atoms with Gasteiger partial charge in [-0.05, 0) is 66.3 Å². The van der Waals surface area contributed by atoms with Crippen molar-refractivity contribution >= 4 is 0 Å². The van der Waals surface area contributed by atoms with Crippen molar-refractivity contribution in [2.75, 3.05) is 0 Å². The second-order valence-electron chi connectivity index (χ2n) is 6.23. The van der Waals surface area contributed by atoms with Gasteiger partial charge in [-0.15, -0.1) is 0 Å². The molecular weight excluding hydrogens is 278 g/mol. The number of hydrogen-bond donors (Lipinski definition) is 0. The summed E-state index contributed by atoms with van der Waals surface area (Å²) >= 11 is 0. The van der Waals surface area contributed by atoms with E-state index in [-0.39, 0.29) is 5.82 Å². The summed E-state index contributed by atoms with van der Waals surface area (Å²) in [5.41, 5.74) is 3.97. The summed E-state index contributed by atoms with van der Waals surface area (Å²) in [6.07, 6.45) is 3.31. The first kappa shape index (κ1) is 15.2. The molecule has 0 amide bonds. The number of hydrogen-bond acceptors (Lipinski definition) is 0. The van der Waals surface area contributed by atoms with Gasteiger partial charge >= 0.3 is 0 Å². The van der Waals surface area contributed by atoms with Crippen molar-refractivity contribution in [3.63, 3.8) is 0 Å². The summed E-state index contributed by atoms with van der Waals surface area (Å²) < 4.78 is 27.1.